The maximum atomic E-state index is 13.8. The molecule has 1 aromatic carbocycles. The Morgan fingerprint density at radius 1 is 1.21 bits per heavy atom. The normalized spacial score (nSPS) is 19.9. The number of urea groups is 1. The summed E-state index contributed by atoms with van der Waals surface area (Å²) in [5, 5.41) is 5.58. The SMILES string of the molecule is O=C(NC1CC1)N[C@@H](c1cc(F)ccc1F)C1CC1. The van der Waals surface area contributed by atoms with Crippen molar-refractivity contribution in [2.75, 3.05) is 0 Å². The van der Waals surface area contributed by atoms with Crippen LogP contribution < -0.4 is 10.6 Å². The van der Waals surface area contributed by atoms with Gasteiger partial charge in [-0.25, -0.2) is 13.6 Å². The van der Waals surface area contributed by atoms with Crippen LogP contribution in [0.3, 0.4) is 0 Å². The number of benzene rings is 1. The van der Waals surface area contributed by atoms with Gasteiger partial charge in [-0.3, -0.25) is 0 Å². The van der Waals surface area contributed by atoms with Gasteiger partial charge in [-0.1, -0.05) is 0 Å². The highest BCUT2D eigenvalue weighted by Crippen LogP contribution is 2.41. The molecule has 19 heavy (non-hydrogen) atoms. The molecule has 0 bridgehead atoms. The number of halogens is 2. The Balaban J connectivity index is 1.75. The monoisotopic (exact) mass is 266 g/mol. The van der Waals surface area contributed by atoms with Gasteiger partial charge in [0.25, 0.3) is 0 Å². The molecular formula is C14H16F2N2O. The Bertz CT molecular complexity index is 498. The second-order valence-corrected chi connectivity index (χ2v) is 5.37. The quantitative estimate of drug-likeness (QED) is 0.864. The van der Waals surface area contributed by atoms with E-state index in [4.69, 9.17) is 0 Å². The third-order valence-corrected chi connectivity index (χ3v) is 3.59. The molecule has 2 fully saturated rings. The second-order valence-electron chi connectivity index (χ2n) is 5.37. The number of carbonyl (C=O) groups excluding carboxylic acids is 1. The van der Waals surface area contributed by atoms with E-state index >= 15 is 0 Å². The lowest BCUT2D eigenvalue weighted by atomic mass is 10.0. The number of rotatable bonds is 4. The van der Waals surface area contributed by atoms with Crippen molar-refractivity contribution in [3.05, 3.63) is 35.4 Å². The van der Waals surface area contributed by atoms with Crippen molar-refractivity contribution >= 4 is 6.03 Å². The zero-order chi connectivity index (χ0) is 13.4. The Morgan fingerprint density at radius 3 is 2.58 bits per heavy atom. The average molecular weight is 266 g/mol. The van der Waals surface area contributed by atoms with Crippen molar-refractivity contribution in [3.8, 4) is 0 Å². The lowest BCUT2D eigenvalue weighted by Crippen LogP contribution is -2.40. The first-order chi connectivity index (χ1) is 9.13. The van der Waals surface area contributed by atoms with Crippen molar-refractivity contribution in [2.24, 2.45) is 5.92 Å². The molecule has 5 heteroatoms. The summed E-state index contributed by atoms with van der Waals surface area (Å²) >= 11 is 0. The van der Waals surface area contributed by atoms with E-state index in [0.29, 0.717) is 0 Å². The predicted molar refractivity (Wildman–Crippen MR) is 66.5 cm³/mol. The van der Waals surface area contributed by atoms with Gasteiger partial charge in [0.1, 0.15) is 11.6 Å². The summed E-state index contributed by atoms with van der Waals surface area (Å²) in [5.41, 5.74) is 0.244. The lowest BCUT2D eigenvalue weighted by molar-refractivity contribution is 0.234. The number of hydrogen-bond acceptors (Lipinski definition) is 1. The van der Waals surface area contributed by atoms with Crippen molar-refractivity contribution in [2.45, 2.75) is 37.8 Å². The van der Waals surface area contributed by atoms with Crippen molar-refractivity contribution < 1.29 is 13.6 Å². The highest BCUT2D eigenvalue weighted by Gasteiger charge is 2.36. The third kappa shape index (κ3) is 3.03. The maximum Gasteiger partial charge on any atom is 0.315 e. The molecule has 1 aromatic rings. The summed E-state index contributed by atoms with van der Waals surface area (Å²) in [6.07, 6.45) is 3.86. The molecule has 2 aliphatic carbocycles. The number of hydrogen-bond donors (Lipinski definition) is 2. The van der Waals surface area contributed by atoms with Crippen molar-refractivity contribution in [1.82, 2.24) is 10.6 Å². The average Bonchev–Trinajstić information content (AvgIpc) is 3.22. The van der Waals surface area contributed by atoms with Gasteiger partial charge in [-0.05, 0) is 49.8 Å². The van der Waals surface area contributed by atoms with Gasteiger partial charge in [-0.15, -0.1) is 0 Å². The second kappa shape index (κ2) is 4.79. The van der Waals surface area contributed by atoms with Gasteiger partial charge in [0, 0.05) is 11.6 Å². The molecule has 2 amide bonds. The van der Waals surface area contributed by atoms with Gasteiger partial charge < -0.3 is 10.6 Å². The molecule has 2 N–H and O–H groups in total. The van der Waals surface area contributed by atoms with Crippen LogP contribution in [0.25, 0.3) is 0 Å². The molecule has 2 saturated carbocycles. The van der Waals surface area contributed by atoms with Crippen LogP contribution in [-0.4, -0.2) is 12.1 Å². The predicted octanol–water partition coefficient (Wildman–Crippen LogP) is 2.88. The molecular weight excluding hydrogens is 250 g/mol. The summed E-state index contributed by atoms with van der Waals surface area (Å²) in [6, 6.07) is 2.90. The maximum absolute atomic E-state index is 13.8. The van der Waals surface area contributed by atoms with Crippen LogP contribution in [0.15, 0.2) is 18.2 Å². The number of carbonyl (C=O) groups is 1. The van der Waals surface area contributed by atoms with Crippen LogP contribution in [0.2, 0.25) is 0 Å². The Kier molecular flexibility index (Phi) is 3.12. The van der Waals surface area contributed by atoms with Crippen LogP contribution in [0.5, 0.6) is 0 Å². The summed E-state index contributed by atoms with van der Waals surface area (Å²) in [7, 11) is 0. The third-order valence-electron chi connectivity index (χ3n) is 3.59. The molecule has 0 unspecified atom stereocenters. The Morgan fingerprint density at radius 2 is 1.95 bits per heavy atom. The first-order valence-electron chi connectivity index (χ1n) is 6.65. The van der Waals surface area contributed by atoms with E-state index < -0.39 is 17.7 Å². The Labute approximate surface area is 110 Å². The Hall–Kier alpha value is -1.65. The molecule has 3 rings (SSSR count). The number of amides is 2. The molecule has 0 spiro atoms. The van der Waals surface area contributed by atoms with Crippen LogP contribution >= 0.6 is 0 Å². The van der Waals surface area contributed by atoms with Gasteiger partial charge in [0.05, 0.1) is 6.04 Å². The minimum atomic E-state index is -0.480. The zero-order valence-electron chi connectivity index (χ0n) is 10.5. The van der Waals surface area contributed by atoms with Crippen molar-refractivity contribution in [1.29, 1.82) is 0 Å². The van der Waals surface area contributed by atoms with E-state index in [1.54, 1.807) is 0 Å². The fourth-order valence-electron chi connectivity index (χ4n) is 2.23. The molecule has 102 valence electrons. The van der Waals surface area contributed by atoms with E-state index in [-0.39, 0.29) is 23.6 Å². The fraction of sp³-hybridized carbons (Fsp3) is 0.500. The summed E-state index contributed by atoms with van der Waals surface area (Å²) in [4.78, 5) is 11.8. The zero-order valence-corrected chi connectivity index (χ0v) is 10.5. The highest BCUT2D eigenvalue weighted by atomic mass is 19.1. The van der Waals surface area contributed by atoms with Gasteiger partial charge in [-0.2, -0.15) is 0 Å². The molecule has 0 saturated heterocycles. The van der Waals surface area contributed by atoms with Crippen LogP contribution in [0.1, 0.15) is 37.3 Å². The van der Waals surface area contributed by atoms with Gasteiger partial charge in [0.2, 0.25) is 0 Å². The molecule has 3 nitrogen and oxygen atoms in total. The van der Waals surface area contributed by atoms with Gasteiger partial charge >= 0.3 is 6.03 Å². The van der Waals surface area contributed by atoms with E-state index in [2.05, 4.69) is 10.6 Å². The minimum Gasteiger partial charge on any atom is -0.335 e. The molecule has 1 atom stereocenters. The molecule has 0 radical (unpaired) electrons. The topological polar surface area (TPSA) is 41.1 Å². The summed E-state index contributed by atoms with van der Waals surface area (Å²) < 4.78 is 27.0. The van der Waals surface area contributed by atoms with E-state index in [0.717, 1.165) is 37.8 Å². The fourth-order valence-corrected chi connectivity index (χ4v) is 2.23. The minimum absolute atomic E-state index is 0.209. The lowest BCUT2D eigenvalue weighted by Gasteiger charge is -2.19. The first kappa shape index (κ1) is 12.4. The van der Waals surface area contributed by atoms with Gasteiger partial charge in [0.15, 0.2) is 0 Å². The molecule has 2 aliphatic rings. The van der Waals surface area contributed by atoms with Crippen LogP contribution in [-0.2, 0) is 0 Å². The largest absolute Gasteiger partial charge is 0.335 e. The summed E-state index contributed by atoms with van der Waals surface area (Å²) in [6.45, 7) is 0. The van der Waals surface area contributed by atoms with E-state index in [1.165, 1.54) is 6.07 Å². The standard InChI is InChI=1S/C14H16F2N2O/c15-9-3-6-12(16)11(7-9)13(8-1-2-8)18-14(19)17-10-4-5-10/h3,6-8,10,13H,1-2,4-5H2,(H2,17,18,19)/t13-/m1/s1. The number of nitrogens with one attached hydrogen (secondary N) is 2. The smallest absolute Gasteiger partial charge is 0.315 e. The van der Waals surface area contributed by atoms with Crippen LogP contribution in [0, 0.1) is 17.6 Å². The summed E-state index contributed by atoms with van der Waals surface area (Å²) in [5.74, 6) is -0.738. The molecule has 0 aliphatic heterocycles. The van der Waals surface area contributed by atoms with Crippen LogP contribution in [0.4, 0.5) is 13.6 Å². The molecule has 0 aromatic heterocycles. The highest BCUT2D eigenvalue weighted by molar-refractivity contribution is 5.75. The first-order valence-corrected chi connectivity index (χ1v) is 6.65. The van der Waals surface area contributed by atoms with Crippen molar-refractivity contribution in [3.63, 3.8) is 0 Å². The van der Waals surface area contributed by atoms with E-state index in [1.807, 2.05) is 0 Å². The molecule has 0 heterocycles. The van der Waals surface area contributed by atoms with E-state index in [9.17, 15) is 13.6 Å².